The van der Waals surface area contributed by atoms with Crippen molar-refractivity contribution in [3.05, 3.63) is 42.2 Å². The summed E-state index contributed by atoms with van der Waals surface area (Å²) < 4.78 is 12.9. The molecule has 1 fully saturated rings. The Labute approximate surface area is 157 Å². The Bertz CT molecular complexity index is 922. The molecule has 4 heterocycles. The van der Waals surface area contributed by atoms with Gasteiger partial charge in [0.05, 0.1) is 12.0 Å². The molecule has 3 aliphatic heterocycles. The van der Waals surface area contributed by atoms with Crippen LogP contribution in [0, 0.1) is 5.92 Å². The van der Waals surface area contributed by atoms with Crippen molar-refractivity contribution < 1.29 is 19.1 Å². The molecule has 1 aromatic carbocycles. The zero-order chi connectivity index (χ0) is 18.5. The van der Waals surface area contributed by atoms with Crippen LogP contribution in [0.2, 0.25) is 0 Å². The summed E-state index contributed by atoms with van der Waals surface area (Å²) in [7, 11) is 0. The Kier molecular flexibility index (Phi) is 3.63. The summed E-state index contributed by atoms with van der Waals surface area (Å²) in [5.41, 5.74) is 1.90. The third-order valence-corrected chi connectivity index (χ3v) is 5.77. The highest BCUT2D eigenvalue weighted by atomic mass is 16.7. The summed E-state index contributed by atoms with van der Waals surface area (Å²) in [5.74, 6) is 1.04. The molecule has 5 rings (SSSR count). The number of hydrogen-bond donors (Lipinski definition) is 0. The van der Waals surface area contributed by atoms with Crippen LogP contribution in [0.1, 0.15) is 25.1 Å². The molecule has 0 bridgehead atoms. The van der Waals surface area contributed by atoms with E-state index in [1.54, 1.807) is 11.0 Å². The number of fused-ring (bicyclic) bond motifs is 2. The summed E-state index contributed by atoms with van der Waals surface area (Å²) in [5, 5.41) is 0. The quantitative estimate of drug-likeness (QED) is 0.816. The first-order chi connectivity index (χ1) is 13.1. The highest BCUT2D eigenvalue weighted by Gasteiger charge is 2.40. The van der Waals surface area contributed by atoms with Gasteiger partial charge in [-0.15, -0.1) is 0 Å². The fourth-order valence-corrected chi connectivity index (χ4v) is 4.29. The molecule has 27 heavy (non-hydrogen) atoms. The average Bonchev–Trinajstić information content (AvgIpc) is 3.40. The zero-order valence-corrected chi connectivity index (χ0v) is 15.1. The number of amides is 2. The molecule has 0 aliphatic carbocycles. The Hall–Kier alpha value is -2.96. The van der Waals surface area contributed by atoms with Gasteiger partial charge in [-0.3, -0.25) is 9.59 Å². The minimum atomic E-state index is -0.313. The Morgan fingerprint density at radius 1 is 1.15 bits per heavy atom. The number of rotatable bonds is 2. The molecule has 0 unspecified atom stereocenters. The van der Waals surface area contributed by atoms with Crippen LogP contribution in [0.4, 0.5) is 5.69 Å². The van der Waals surface area contributed by atoms with Gasteiger partial charge < -0.3 is 23.8 Å². The minimum absolute atomic E-state index is 0.0240. The van der Waals surface area contributed by atoms with Crippen LogP contribution in [0.15, 0.2) is 36.5 Å². The van der Waals surface area contributed by atoms with Crippen LogP contribution in [-0.2, 0) is 16.1 Å². The van der Waals surface area contributed by atoms with E-state index in [-0.39, 0.29) is 37.0 Å². The molecular weight excluding hydrogens is 346 g/mol. The SMILES string of the molecule is C[C@@H]1c2cccn2CCN1C(=O)[C@@H]1CC(=O)N(c2ccc3c(c2)OCO3)C1. The minimum Gasteiger partial charge on any atom is -0.454 e. The third kappa shape index (κ3) is 2.57. The maximum Gasteiger partial charge on any atom is 0.231 e. The molecule has 2 aromatic rings. The molecule has 140 valence electrons. The smallest absolute Gasteiger partial charge is 0.231 e. The summed E-state index contributed by atoms with van der Waals surface area (Å²) >= 11 is 0. The maximum absolute atomic E-state index is 13.1. The van der Waals surface area contributed by atoms with Gasteiger partial charge >= 0.3 is 0 Å². The van der Waals surface area contributed by atoms with Crippen LogP contribution >= 0.6 is 0 Å². The van der Waals surface area contributed by atoms with Crippen molar-refractivity contribution in [1.82, 2.24) is 9.47 Å². The molecule has 1 aromatic heterocycles. The van der Waals surface area contributed by atoms with Crippen molar-refractivity contribution in [2.45, 2.75) is 25.9 Å². The summed E-state index contributed by atoms with van der Waals surface area (Å²) in [4.78, 5) is 29.3. The number of nitrogens with zero attached hydrogens (tertiary/aromatic N) is 3. The second-order valence-electron chi connectivity index (χ2n) is 7.28. The Morgan fingerprint density at radius 3 is 2.89 bits per heavy atom. The summed E-state index contributed by atoms with van der Waals surface area (Å²) in [6.07, 6.45) is 2.30. The molecule has 2 atom stereocenters. The third-order valence-electron chi connectivity index (χ3n) is 5.77. The van der Waals surface area contributed by atoms with Crippen molar-refractivity contribution >= 4 is 17.5 Å². The van der Waals surface area contributed by atoms with Gasteiger partial charge in [0.2, 0.25) is 18.6 Å². The van der Waals surface area contributed by atoms with Gasteiger partial charge in [0.1, 0.15) is 0 Å². The van der Waals surface area contributed by atoms with Crippen molar-refractivity contribution in [2.75, 3.05) is 24.8 Å². The van der Waals surface area contributed by atoms with Gasteiger partial charge in [-0.25, -0.2) is 0 Å². The predicted molar refractivity (Wildman–Crippen MR) is 97.6 cm³/mol. The van der Waals surface area contributed by atoms with E-state index in [0.717, 1.165) is 17.9 Å². The first-order valence-corrected chi connectivity index (χ1v) is 9.27. The van der Waals surface area contributed by atoms with E-state index in [1.807, 2.05) is 29.3 Å². The number of benzene rings is 1. The molecule has 1 saturated heterocycles. The van der Waals surface area contributed by atoms with Crippen molar-refractivity contribution in [1.29, 1.82) is 0 Å². The van der Waals surface area contributed by atoms with Crippen molar-refractivity contribution in [2.24, 2.45) is 5.92 Å². The summed E-state index contributed by atoms with van der Waals surface area (Å²) in [6, 6.07) is 9.55. The van der Waals surface area contributed by atoms with Crippen LogP contribution in [-0.4, -0.2) is 41.2 Å². The molecular formula is C20H21N3O4. The van der Waals surface area contributed by atoms with Crippen LogP contribution in [0.3, 0.4) is 0 Å². The standard InChI is InChI=1S/C20H21N3O4/c1-13-16-3-2-6-21(16)7-8-22(13)20(25)14-9-19(24)23(11-14)15-4-5-17-18(10-15)27-12-26-17/h2-6,10,13-14H,7-9,11-12H2,1H3/t13-,14-/m1/s1. The first-order valence-electron chi connectivity index (χ1n) is 9.27. The number of carbonyl (C=O) groups excluding carboxylic acids is 2. The van der Waals surface area contributed by atoms with Crippen LogP contribution in [0.25, 0.3) is 0 Å². The normalized spacial score (nSPS) is 23.7. The zero-order valence-electron chi connectivity index (χ0n) is 15.1. The lowest BCUT2D eigenvalue weighted by Crippen LogP contribution is -2.44. The second kappa shape index (κ2) is 6.04. The molecule has 7 heteroatoms. The molecule has 0 N–H and O–H groups in total. The monoisotopic (exact) mass is 367 g/mol. The van der Waals surface area contributed by atoms with E-state index in [9.17, 15) is 9.59 Å². The fourth-order valence-electron chi connectivity index (χ4n) is 4.29. The van der Waals surface area contributed by atoms with Gasteiger partial charge in [0, 0.05) is 49.7 Å². The van der Waals surface area contributed by atoms with Gasteiger partial charge in [-0.05, 0) is 31.2 Å². The van der Waals surface area contributed by atoms with Gasteiger partial charge in [-0.1, -0.05) is 0 Å². The lowest BCUT2D eigenvalue weighted by molar-refractivity contribution is -0.139. The van der Waals surface area contributed by atoms with Gasteiger partial charge in [0.25, 0.3) is 0 Å². The number of hydrogen-bond acceptors (Lipinski definition) is 4. The molecule has 2 amide bonds. The molecule has 0 spiro atoms. The highest BCUT2D eigenvalue weighted by molar-refractivity contribution is 6.00. The molecule has 0 saturated carbocycles. The van der Waals surface area contributed by atoms with E-state index in [2.05, 4.69) is 17.6 Å². The highest BCUT2D eigenvalue weighted by Crippen LogP contribution is 2.38. The number of aromatic nitrogens is 1. The summed E-state index contributed by atoms with van der Waals surface area (Å²) in [6.45, 7) is 4.13. The number of anilines is 1. The van der Waals surface area contributed by atoms with E-state index < -0.39 is 0 Å². The van der Waals surface area contributed by atoms with E-state index in [1.165, 1.54) is 0 Å². The number of carbonyl (C=O) groups is 2. The van der Waals surface area contributed by atoms with Crippen molar-refractivity contribution in [3.8, 4) is 11.5 Å². The van der Waals surface area contributed by atoms with Crippen LogP contribution in [0.5, 0.6) is 11.5 Å². The van der Waals surface area contributed by atoms with Crippen LogP contribution < -0.4 is 14.4 Å². The van der Waals surface area contributed by atoms with E-state index in [4.69, 9.17) is 9.47 Å². The number of ether oxygens (including phenoxy) is 2. The Morgan fingerprint density at radius 2 is 2.00 bits per heavy atom. The second-order valence-corrected chi connectivity index (χ2v) is 7.28. The topological polar surface area (TPSA) is 64.0 Å². The fraction of sp³-hybridized carbons (Fsp3) is 0.400. The maximum atomic E-state index is 13.1. The predicted octanol–water partition coefficient (Wildman–Crippen LogP) is 2.17. The molecule has 0 radical (unpaired) electrons. The van der Waals surface area contributed by atoms with Crippen molar-refractivity contribution in [3.63, 3.8) is 0 Å². The lowest BCUT2D eigenvalue weighted by atomic mass is 10.0. The first kappa shape index (κ1) is 16.2. The van der Waals surface area contributed by atoms with Gasteiger partial charge in [-0.2, -0.15) is 0 Å². The molecule has 7 nitrogen and oxygen atoms in total. The molecule has 3 aliphatic rings. The van der Waals surface area contributed by atoms with Gasteiger partial charge in [0.15, 0.2) is 11.5 Å². The Balaban J connectivity index is 1.34. The lowest BCUT2D eigenvalue weighted by Gasteiger charge is -2.36. The van der Waals surface area contributed by atoms with E-state index >= 15 is 0 Å². The largest absolute Gasteiger partial charge is 0.454 e. The average molecular weight is 367 g/mol. The van der Waals surface area contributed by atoms with E-state index in [0.29, 0.717) is 24.6 Å².